The molecule has 0 spiro atoms. The Balaban J connectivity index is 2.55. The highest BCUT2D eigenvalue weighted by Crippen LogP contribution is 2.51. The van der Waals surface area contributed by atoms with Crippen LogP contribution in [-0.2, 0) is 9.59 Å². The molecule has 1 saturated carbocycles. The third-order valence-corrected chi connectivity index (χ3v) is 5.24. The first-order valence-corrected chi connectivity index (χ1v) is 7.34. The molecule has 2 nitrogen and oxygen atoms in total. The highest BCUT2D eigenvalue weighted by molar-refractivity contribution is 6.45. The minimum absolute atomic E-state index is 0.0941. The van der Waals surface area contributed by atoms with Crippen molar-refractivity contribution in [2.24, 2.45) is 23.2 Å². The smallest absolute Gasteiger partial charge is 0.224 e. The first-order valence-electron chi connectivity index (χ1n) is 6.81. The van der Waals surface area contributed by atoms with Gasteiger partial charge in [-0.05, 0) is 24.7 Å². The predicted molar refractivity (Wildman–Crippen MR) is 72.6 cm³/mol. The van der Waals surface area contributed by atoms with Gasteiger partial charge in [-0.15, -0.1) is 11.6 Å². The van der Waals surface area contributed by atoms with Crippen LogP contribution in [0.2, 0.25) is 0 Å². The van der Waals surface area contributed by atoms with Gasteiger partial charge in [0.1, 0.15) is 0 Å². The van der Waals surface area contributed by atoms with E-state index in [4.69, 9.17) is 11.6 Å². The number of rotatable bonds is 2. The Morgan fingerprint density at radius 3 is 2.61 bits per heavy atom. The summed E-state index contributed by atoms with van der Waals surface area (Å²) in [5.74, 6) is 0.247. The van der Waals surface area contributed by atoms with Crippen LogP contribution in [0.3, 0.4) is 0 Å². The molecule has 0 bridgehead atoms. The monoisotopic (exact) mass is 268 g/mol. The topological polar surface area (TPSA) is 34.1 Å². The van der Waals surface area contributed by atoms with Crippen molar-refractivity contribution >= 4 is 23.2 Å². The molecule has 3 heteroatoms. The number of ketones is 2. The van der Waals surface area contributed by atoms with Crippen molar-refractivity contribution in [3.8, 4) is 0 Å². The molecule has 0 aromatic carbocycles. The summed E-state index contributed by atoms with van der Waals surface area (Å²) in [6, 6.07) is 0. The predicted octanol–water partition coefficient (Wildman–Crippen LogP) is 3.38. The maximum Gasteiger partial charge on any atom is 0.224 e. The van der Waals surface area contributed by atoms with Crippen LogP contribution in [-0.4, -0.2) is 17.4 Å². The van der Waals surface area contributed by atoms with Gasteiger partial charge in [-0.1, -0.05) is 33.3 Å². The average Bonchev–Trinajstić information content (AvgIpc) is 2.34. The van der Waals surface area contributed by atoms with Gasteiger partial charge in [-0.25, -0.2) is 0 Å². The molecule has 2 aliphatic carbocycles. The molecule has 3 atom stereocenters. The van der Waals surface area contributed by atoms with E-state index in [-0.39, 0.29) is 28.8 Å². The van der Waals surface area contributed by atoms with E-state index in [0.29, 0.717) is 17.4 Å². The van der Waals surface area contributed by atoms with Gasteiger partial charge >= 0.3 is 0 Å². The second-order valence-electron chi connectivity index (χ2n) is 6.08. The van der Waals surface area contributed by atoms with Crippen molar-refractivity contribution in [3.05, 3.63) is 11.6 Å². The fourth-order valence-electron chi connectivity index (χ4n) is 3.47. The second kappa shape index (κ2) is 4.80. The molecule has 0 aromatic rings. The lowest BCUT2D eigenvalue weighted by Crippen LogP contribution is -2.50. The number of carbonyl (C=O) groups is 2. The van der Waals surface area contributed by atoms with E-state index in [2.05, 4.69) is 6.92 Å². The Hall–Kier alpha value is -0.630. The van der Waals surface area contributed by atoms with Gasteiger partial charge in [0, 0.05) is 22.8 Å². The zero-order valence-electron chi connectivity index (χ0n) is 11.3. The van der Waals surface area contributed by atoms with Crippen LogP contribution >= 0.6 is 11.6 Å². The number of fused-ring (bicyclic) bond motifs is 1. The minimum Gasteiger partial charge on any atom is -0.290 e. The fraction of sp³-hybridized carbons (Fsp3) is 0.733. The molecule has 3 unspecified atom stereocenters. The average molecular weight is 269 g/mol. The van der Waals surface area contributed by atoms with Gasteiger partial charge in [0.2, 0.25) is 11.6 Å². The van der Waals surface area contributed by atoms with Crippen LogP contribution in [0.4, 0.5) is 0 Å². The molecule has 0 radical (unpaired) electrons. The van der Waals surface area contributed by atoms with Crippen LogP contribution in [0.15, 0.2) is 11.6 Å². The second-order valence-corrected chi connectivity index (χ2v) is 6.35. The summed E-state index contributed by atoms with van der Waals surface area (Å²) in [7, 11) is 0. The van der Waals surface area contributed by atoms with Gasteiger partial charge in [0.15, 0.2) is 0 Å². The zero-order valence-corrected chi connectivity index (χ0v) is 12.1. The Labute approximate surface area is 114 Å². The Bertz CT molecular complexity index is 411. The summed E-state index contributed by atoms with van der Waals surface area (Å²) >= 11 is 6.21. The third-order valence-electron chi connectivity index (χ3n) is 4.78. The summed E-state index contributed by atoms with van der Waals surface area (Å²) < 4.78 is 0. The fourth-order valence-corrected chi connectivity index (χ4v) is 4.00. The summed E-state index contributed by atoms with van der Waals surface area (Å²) in [5, 5.41) is 0. The van der Waals surface area contributed by atoms with E-state index in [1.165, 1.54) is 0 Å². The van der Waals surface area contributed by atoms with Crippen molar-refractivity contribution in [2.45, 2.75) is 40.0 Å². The normalized spacial score (nSPS) is 36.6. The van der Waals surface area contributed by atoms with Crippen molar-refractivity contribution in [2.75, 3.05) is 5.88 Å². The van der Waals surface area contributed by atoms with Crippen LogP contribution in [0.1, 0.15) is 40.0 Å². The maximum absolute atomic E-state index is 12.3. The van der Waals surface area contributed by atoms with E-state index in [9.17, 15) is 9.59 Å². The van der Waals surface area contributed by atoms with E-state index in [1.807, 2.05) is 19.9 Å². The highest BCUT2D eigenvalue weighted by atomic mass is 35.5. The van der Waals surface area contributed by atoms with Gasteiger partial charge in [-0.2, -0.15) is 0 Å². The van der Waals surface area contributed by atoms with Gasteiger partial charge in [0.05, 0.1) is 0 Å². The summed E-state index contributed by atoms with van der Waals surface area (Å²) in [6.07, 6.45) is 4.97. The van der Waals surface area contributed by atoms with Crippen LogP contribution in [0.25, 0.3) is 0 Å². The molecule has 0 amide bonds. The Kier molecular flexibility index (Phi) is 3.68. The van der Waals surface area contributed by atoms with E-state index in [1.54, 1.807) is 0 Å². The number of alkyl halides is 1. The highest BCUT2D eigenvalue weighted by Gasteiger charge is 2.52. The van der Waals surface area contributed by atoms with Crippen molar-refractivity contribution < 1.29 is 9.59 Å². The van der Waals surface area contributed by atoms with Gasteiger partial charge < -0.3 is 0 Å². The molecular weight excluding hydrogens is 248 g/mol. The molecule has 0 aromatic heterocycles. The molecule has 100 valence electrons. The van der Waals surface area contributed by atoms with Crippen molar-refractivity contribution in [1.82, 2.24) is 0 Å². The number of halogens is 1. The molecule has 2 aliphatic rings. The van der Waals surface area contributed by atoms with E-state index in [0.717, 1.165) is 19.3 Å². The minimum atomic E-state index is -0.287. The molecule has 18 heavy (non-hydrogen) atoms. The molecule has 1 fully saturated rings. The van der Waals surface area contributed by atoms with Gasteiger partial charge in [0.25, 0.3) is 0 Å². The number of carbonyl (C=O) groups excluding carboxylic acids is 2. The van der Waals surface area contributed by atoms with E-state index < -0.39 is 0 Å². The number of Topliss-reactive ketones (excluding diaryl/α,β-unsaturated/α-hetero) is 2. The maximum atomic E-state index is 12.3. The quantitative estimate of drug-likeness (QED) is 0.568. The van der Waals surface area contributed by atoms with Gasteiger partial charge in [-0.3, -0.25) is 9.59 Å². The summed E-state index contributed by atoms with van der Waals surface area (Å²) in [6.45, 7) is 6.09. The zero-order chi connectivity index (χ0) is 13.5. The van der Waals surface area contributed by atoms with Crippen LogP contribution < -0.4 is 0 Å². The van der Waals surface area contributed by atoms with Crippen LogP contribution in [0, 0.1) is 23.2 Å². The summed E-state index contributed by atoms with van der Waals surface area (Å²) in [5.41, 5.74) is 0.385. The third kappa shape index (κ3) is 1.85. The lowest BCUT2D eigenvalue weighted by Gasteiger charge is -2.47. The standard InChI is InChI=1S/C15H21ClO2/c1-9(2)11-7-15(8-16)10(3)5-4-6-12(15)14(18)13(11)17/h7,9-10,12H,4-6,8H2,1-3H3. The molecule has 0 saturated heterocycles. The van der Waals surface area contributed by atoms with Crippen LogP contribution in [0.5, 0.6) is 0 Å². The number of hydrogen-bond donors (Lipinski definition) is 0. The number of allylic oxidation sites excluding steroid dienone is 2. The Morgan fingerprint density at radius 2 is 2.06 bits per heavy atom. The lowest BCUT2D eigenvalue weighted by molar-refractivity contribution is -0.142. The van der Waals surface area contributed by atoms with E-state index >= 15 is 0 Å². The first kappa shape index (κ1) is 13.8. The van der Waals surface area contributed by atoms with Crippen molar-refractivity contribution in [3.63, 3.8) is 0 Å². The molecule has 0 heterocycles. The SMILES string of the molecule is CC(C)C1=CC2(CCl)C(C)CCCC2C(=O)C1=O. The lowest BCUT2D eigenvalue weighted by atomic mass is 9.56. The molecule has 0 aliphatic heterocycles. The largest absolute Gasteiger partial charge is 0.290 e. The molecule has 0 N–H and O–H groups in total. The first-order chi connectivity index (χ1) is 8.44. The Morgan fingerprint density at radius 1 is 1.39 bits per heavy atom. The summed E-state index contributed by atoms with van der Waals surface area (Å²) in [4.78, 5) is 24.5. The molecular formula is C15H21ClO2. The van der Waals surface area contributed by atoms with Crippen molar-refractivity contribution in [1.29, 1.82) is 0 Å². The number of hydrogen-bond acceptors (Lipinski definition) is 2. The molecule has 2 rings (SSSR count).